The fraction of sp³-hybridized carbons (Fsp3) is 0. The lowest BCUT2D eigenvalue weighted by atomic mass is 9.93. The van der Waals surface area contributed by atoms with Gasteiger partial charge in [0, 0.05) is 38.9 Å². The van der Waals surface area contributed by atoms with Crippen LogP contribution in [0.2, 0.25) is 5.02 Å². The molecule has 0 atom stereocenters. The molecule has 134 valence electrons. The van der Waals surface area contributed by atoms with Crippen LogP contribution in [0.3, 0.4) is 0 Å². The van der Waals surface area contributed by atoms with E-state index >= 15 is 0 Å². The number of carbonyl (C=O) groups excluding carboxylic acids is 2. The fourth-order valence-corrected chi connectivity index (χ4v) is 3.77. The van der Waals surface area contributed by atoms with Gasteiger partial charge >= 0.3 is 0 Å². The van der Waals surface area contributed by atoms with Crippen molar-refractivity contribution >= 4 is 34.5 Å². The van der Waals surface area contributed by atoms with Crippen LogP contribution in [-0.4, -0.2) is 11.6 Å². The maximum absolute atomic E-state index is 13.1. The summed E-state index contributed by atoms with van der Waals surface area (Å²) in [6, 6.07) is 21.7. The molecule has 2 aliphatic rings. The van der Waals surface area contributed by atoms with Crippen LogP contribution in [0, 0.1) is 0 Å². The fourth-order valence-electron chi connectivity index (χ4n) is 3.61. The molecule has 0 fully saturated rings. The van der Waals surface area contributed by atoms with E-state index < -0.39 is 0 Å². The summed E-state index contributed by atoms with van der Waals surface area (Å²) in [5.74, 6) is 0.562. The number of halogens is 1. The third kappa shape index (κ3) is 2.52. The van der Waals surface area contributed by atoms with Crippen molar-refractivity contribution in [1.82, 2.24) is 0 Å². The zero-order valence-corrected chi connectivity index (χ0v) is 15.4. The number of carbonyl (C=O) groups is 2. The van der Waals surface area contributed by atoms with E-state index in [1.54, 1.807) is 48.5 Å². The van der Waals surface area contributed by atoms with Crippen LogP contribution in [0.1, 0.15) is 31.8 Å². The van der Waals surface area contributed by atoms with Gasteiger partial charge in [-0.25, -0.2) is 0 Å². The van der Waals surface area contributed by atoms with Gasteiger partial charge in [-0.15, -0.1) is 0 Å². The topological polar surface area (TPSA) is 43.4 Å². The molecule has 4 heteroatoms. The Labute approximate surface area is 166 Å². The van der Waals surface area contributed by atoms with Gasteiger partial charge in [0.15, 0.2) is 11.6 Å². The number of hydrogen-bond acceptors (Lipinski definition) is 3. The smallest absolute Gasteiger partial charge is 0.198 e. The van der Waals surface area contributed by atoms with Crippen molar-refractivity contribution in [3.8, 4) is 5.75 Å². The summed E-state index contributed by atoms with van der Waals surface area (Å²) in [5, 5.41) is 0.518. The molecule has 3 aromatic carbocycles. The first-order valence-corrected chi connectivity index (χ1v) is 9.19. The molecule has 0 saturated heterocycles. The minimum absolute atomic E-state index is 0.168. The van der Waals surface area contributed by atoms with Crippen LogP contribution in [0.5, 0.6) is 5.75 Å². The summed E-state index contributed by atoms with van der Waals surface area (Å²) in [7, 11) is 0. The molecular weight excluding hydrogens is 372 g/mol. The molecule has 28 heavy (non-hydrogen) atoms. The number of ether oxygens (including phenoxy) is 1. The summed E-state index contributed by atoms with van der Waals surface area (Å²) < 4.78 is 6.06. The predicted octanol–water partition coefficient (Wildman–Crippen LogP) is 5.61. The normalized spacial score (nSPS) is 15.1. The highest BCUT2D eigenvalue weighted by molar-refractivity contribution is 6.43. The van der Waals surface area contributed by atoms with Crippen LogP contribution in [0.4, 0.5) is 0 Å². The molecule has 0 radical (unpaired) electrons. The van der Waals surface area contributed by atoms with E-state index in [9.17, 15) is 9.59 Å². The molecule has 1 aliphatic carbocycles. The van der Waals surface area contributed by atoms with Gasteiger partial charge in [-0.1, -0.05) is 66.2 Å². The van der Waals surface area contributed by atoms with Gasteiger partial charge in [0.2, 0.25) is 0 Å². The number of ketones is 2. The molecule has 0 unspecified atom stereocenters. The third-order valence-corrected chi connectivity index (χ3v) is 5.16. The number of fused-ring (bicyclic) bond motifs is 2. The number of Topliss-reactive ketones (excluding diaryl/α,β-unsaturated/α-hetero) is 2. The third-order valence-electron chi connectivity index (χ3n) is 4.93. The molecule has 1 heterocycles. The lowest BCUT2D eigenvalue weighted by Gasteiger charge is -2.21. The Kier molecular flexibility index (Phi) is 3.78. The number of benzene rings is 3. The summed E-state index contributed by atoms with van der Waals surface area (Å²) in [5.41, 5.74) is 3.12. The van der Waals surface area contributed by atoms with Gasteiger partial charge in [0.1, 0.15) is 11.5 Å². The molecule has 3 aromatic rings. The van der Waals surface area contributed by atoms with Crippen LogP contribution < -0.4 is 4.74 Å². The van der Waals surface area contributed by atoms with Gasteiger partial charge < -0.3 is 4.74 Å². The molecule has 0 saturated carbocycles. The number of hydrogen-bond donors (Lipinski definition) is 0. The largest absolute Gasteiger partial charge is 0.456 e. The number of allylic oxidation sites excluding steroid dienone is 3. The molecule has 5 rings (SSSR count). The minimum atomic E-state index is -0.262. The van der Waals surface area contributed by atoms with E-state index in [1.165, 1.54) is 0 Å². The quantitative estimate of drug-likeness (QED) is 0.405. The molecule has 0 spiro atoms. The molecule has 0 aromatic heterocycles. The van der Waals surface area contributed by atoms with Gasteiger partial charge in [-0.3, -0.25) is 9.59 Å². The molecule has 0 amide bonds. The van der Waals surface area contributed by atoms with Crippen molar-refractivity contribution in [2.75, 3.05) is 0 Å². The summed E-state index contributed by atoms with van der Waals surface area (Å²) in [6.07, 6.45) is 1.77. The molecular formula is C24H13ClO3. The first-order valence-electron chi connectivity index (χ1n) is 8.81. The summed E-state index contributed by atoms with van der Waals surface area (Å²) in [6.45, 7) is 0. The van der Waals surface area contributed by atoms with Crippen molar-refractivity contribution in [3.05, 3.63) is 112 Å². The Hall–Kier alpha value is -3.43. The Balaban J connectivity index is 1.78. The minimum Gasteiger partial charge on any atom is -0.456 e. The Morgan fingerprint density at radius 1 is 0.714 bits per heavy atom. The lowest BCUT2D eigenvalue weighted by Crippen LogP contribution is -2.10. The average molecular weight is 385 g/mol. The Morgan fingerprint density at radius 2 is 1.36 bits per heavy atom. The van der Waals surface area contributed by atoms with Crippen molar-refractivity contribution in [3.63, 3.8) is 0 Å². The Bertz CT molecular complexity index is 1180. The van der Waals surface area contributed by atoms with Crippen LogP contribution in [-0.2, 0) is 0 Å². The van der Waals surface area contributed by atoms with Crippen molar-refractivity contribution in [1.29, 1.82) is 0 Å². The standard InChI is InChI=1S/C24H13ClO3/c25-15-10-11-16-19(22-23(26)17-8-4-5-9-18(17)24(22)27)13-20(28-21(16)12-15)14-6-2-1-3-7-14/h1-13H. The van der Waals surface area contributed by atoms with Crippen molar-refractivity contribution < 1.29 is 14.3 Å². The summed E-state index contributed by atoms with van der Waals surface area (Å²) in [4.78, 5) is 26.1. The molecule has 0 N–H and O–H groups in total. The molecule has 1 aliphatic heterocycles. The van der Waals surface area contributed by atoms with E-state index in [2.05, 4.69) is 0 Å². The number of rotatable bonds is 1. The second-order valence-corrected chi connectivity index (χ2v) is 7.05. The predicted molar refractivity (Wildman–Crippen MR) is 109 cm³/mol. The van der Waals surface area contributed by atoms with E-state index in [1.807, 2.05) is 30.3 Å². The molecule has 0 bridgehead atoms. The van der Waals surface area contributed by atoms with E-state index in [4.69, 9.17) is 16.3 Å². The maximum Gasteiger partial charge on any atom is 0.198 e. The van der Waals surface area contributed by atoms with E-state index in [0.29, 0.717) is 38.8 Å². The second-order valence-electron chi connectivity index (χ2n) is 6.61. The highest BCUT2D eigenvalue weighted by Crippen LogP contribution is 2.42. The van der Waals surface area contributed by atoms with Gasteiger partial charge in [-0.05, 0) is 18.2 Å². The maximum atomic E-state index is 13.1. The van der Waals surface area contributed by atoms with Crippen LogP contribution >= 0.6 is 11.6 Å². The lowest BCUT2D eigenvalue weighted by molar-refractivity contribution is 0.0990. The summed E-state index contributed by atoms with van der Waals surface area (Å²) >= 11 is 6.16. The van der Waals surface area contributed by atoms with Crippen LogP contribution in [0.25, 0.3) is 11.3 Å². The van der Waals surface area contributed by atoms with Crippen LogP contribution in [0.15, 0.2) is 84.4 Å². The van der Waals surface area contributed by atoms with Crippen molar-refractivity contribution in [2.24, 2.45) is 0 Å². The SMILES string of the molecule is O=C1C(=C2C=C(c3ccccc3)Oc3cc(Cl)ccc32)C(=O)c2ccccc21. The Morgan fingerprint density at radius 3 is 2.04 bits per heavy atom. The first-order chi connectivity index (χ1) is 13.6. The molecule has 3 nitrogen and oxygen atoms in total. The highest BCUT2D eigenvalue weighted by atomic mass is 35.5. The first kappa shape index (κ1) is 16.7. The second kappa shape index (κ2) is 6.32. The van der Waals surface area contributed by atoms with E-state index in [0.717, 1.165) is 5.56 Å². The van der Waals surface area contributed by atoms with Gasteiger partial charge in [0.05, 0.1) is 5.57 Å². The van der Waals surface area contributed by atoms with Gasteiger partial charge in [0.25, 0.3) is 0 Å². The van der Waals surface area contributed by atoms with Gasteiger partial charge in [-0.2, -0.15) is 0 Å². The monoisotopic (exact) mass is 384 g/mol. The van der Waals surface area contributed by atoms with Crippen molar-refractivity contribution in [2.45, 2.75) is 0 Å². The zero-order valence-electron chi connectivity index (χ0n) is 14.6. The zero-order chi connectivity index (χ0) is 19.3. The average Bonchev–Trinajstić information content (AvgIpc) is 2.98. The highest BCUT2D eigenvalue weighted by Gasteiger charge is 2.36. The van der Waals surface area contributed by atoms with E-state index in [-0.39, 0.29) is 17.1 Å².